The van der Waals surface area contributed by atoms with E-state index in [1.54, 1.807) is 5.38 Å². The Morgan fingerprint density at radius 3 is 2.77 bits per heavy atom. The van der Waals surface area contributed by atoms with Crippen LogP contribution in [0.25, 0.3) is 10.9 Å². The number of benzene rings is 1. The summed E-state index contributed by atoms with van der Waals surface area (Å²) in [5.41, 5.74) is 1.38. The molecule has 2 heterocycles. The maximum absolute atomic E-state index is 13.3. The number of thiazole rings is 1. The van der Waals surface area contributed by atoms with E-state index in [1.165, 1.54) is 24.4 Å². The molecule has 0 unspecified atom stereocenters. The SMILES string of the molecule is CC[C@H](OC(=O)CCCC(=O)O)c1csc(C(=O)c2c[nH]c3cc(F)ccc23)n1.[NaH]. The standard InChI is InChI=1S/C20H19FN2O5S.Na.H/c1-2-16(28-18(26)5-3-4-17(24)25)15-10-29-20(23-15)19(27)13-9-22-14-8-11(21)6-7-12(13)14;;/h6-10,16,22H,2-5H2,1H3,(H,24,25);;/t16-;;/m0../s1. The third-order valence-electron chi connectivity index (χ3n) is 4.35. The Bertz CT molecular complexity index is 1060. The average molecular weight is 442 g/mol. The molecular weight excluding hydrogens is 422 g/mol. The minimum atomic E-state index is -0.965. The Hall–Kier alpha value is -2.07. The molecule has 2 aromatic heterocycles. The normalized spacial score (nSPS) is 11.7. The number of esters is 1. The Morgan fingerprint density at radius 1 is 1.30 bits per heavy atom. The number of carboxylic acid groups (broad SMARTS) is 1. The number of carboxylic acids is 1. The monoisotopic (exact) mass is 442 g/mol. The van der Waals surface area contributed by atoms with Gasteiger partial charge in [-0.05, 0) is 31.0 Å². The molecule has 2 N–H and O–H groups in total. The van der Waals surface area contributed by atoms with Gasteiger partial charge in [-0.25, -0.2) is 9.37 Å². The van der Waals surface area contributed by atoms with E-state index >= 15 is 0 Å². The van der Waals surface area contributed by atoms with Gasteiger partial charge in [-0.3, -0.25) is 14.4 Å². The molecule has 3 aromatic rings. The van der Waals surface area contributed by atoms with Crippen LogP contribution in [0.2, 0.25) is 0 Å². The van der Waals surface area contributed by atoms with Crippen LogP contribution in [-0.2, 0) is 14.3 Å². The number of ketones is 1. The Labute approximate surface area is 197 Å². The predicted molar refractivity (Wildman–Crippen MR) is 112 cm³/mol. The fourth-order valence-corrected chi connectivity index (χ4v) is 3.71. The molecule has 0 radical (unpaired) electrons. The minimum absolute atomic E-state index is 0. The van der Waals surface area contributed by atoms with Gasteiger partial charge in [0.2, 0.25) is 5.78 Å². The molecule has 10 heteroatoms. The van der Waals surface area contributed by atoms with E-state index in [9.17, 15) is 18.8 Å². The second kappa shape index (κ2) is 10.8. The van der Waals surface area contributed by atoms with Crippen molar-refractivity contribution in [3.05, 3.63) is 51.9 Å². The van der Waals surface area contributed by atoms with E-state index in [0.29, 0.717) is 28.6 Å². The molecule has 0 spiro atoms. The number of hydrogen-bond donors (Lipinski definition) is 2. The van der Waals surface area contributed by atoms with Gasteiger partial charge < -0.3 is 14.8 Å². The van der Waals surface area contributed by atoms with Crippen molar-refractivity contribution >= 4 is 69.5 Å². The van der Waals surface area contributed by atoms with Crippen LogP contribution in [0.1, 0.15) is 59.8 Å². The first-order valence-electron chi connectivity index (χ1n) is 9.07. The van der Waals surface area contributed by atoms with E-state index in [4.69, 9.17) is 9.84 Å². The van der Waals surface area contributed by atoms with E-state index in [0.717, 1.165) is 11.3 Å². The third kappa shape index (κ3) is 5.75. The fraction of sp³-hybridized carbons (Fsp3) is 0.300. The molecule has 0 aliphatic carbocycles. The summed E-state index contributed by atoms with van der Waals surface area (Å²) in [6, 6.07) is 4.14. The first kappa shape index (κ1) is 24.2. The number of H-pyrrole nitrogens is 1. The number of ether oxygens (including phenoxy) is 1. The van der Waals surface area contributed by atoms with Crippen LogP contribution in [-0.4, -0.2) is 62.4 Å². The van der Waals surface area contributed by atoms with Crippen molar-refractivity contribution in [2.45, 2.75) is 38.7 Å². The number of nitrogens with zero attached hydrogens (tertiary/aromatic N) is 1. The van der Waals surface area contributed by atoms with Gasteiger partial charge in [0, 0.05) is 35.3 Å². The molecule has 0 saturated carbocycles. The average Bonchev–Trinajstić information content (AvgIpc) is 3.32. The van der Waals surface area contributed by atoms with Crippen LogP contribution in [0, 0.1) is 5.82 Å². The topological polar surface area (TPSA) is 109 Å². The summed E-state index contributed by atoms with van der Waals surface area (Å²) >= 11 is 1.14. The third-order valence-corrected chi connectivity index (χ3v) is 5.21. The molecule has 30 heavy (non-hydrogen) atoms. The van der Waals surface area contributed by atoms with Crippen LogP contribution < -0.4 is 0 Å². The summed E-state index contributed by atoms with van der Waals surface area (Å²) in [5.74, 6) is -2.17. The van der Waals surface area contributed by atoms with Gasteiger partial charge in [0.25, 0.3) is 0 Å². The van der Waals surface area contributed by atoms with Crippen molar-refractivity contribution in [2.75, 3.05) is 0 Å². The molecule has 0 aliphatic heterocycles. The molecule has 1 atom stereocenters. The van der Waals surface area contributed by atoms with Crippen molar-refractivity contribution < 1.29 is 28.6 Å². The second-order valence-electron chi connectivity index (χ2n) is 6.43. The number of hydrogen-bond acceptors (Lipinski definition) is 6. The van der Waals surface area contributed by atoms with Crippen LogP contribution in [0.3, 0.4) is 0 Å². The molecule has 0 aliphatic rings. The summed E-state index contributed by atoms with van der Waals surface area (Å²) < 4.78 is 18.7. The molecule has 3 rings (SSSR count). The molecule has 0 amide bonds. The fourth-order valence-electron chi connectivity index (χ4n) is 2.89. The molecular formula is C20H20FN2NaO5S. The molecule has 7 nitrogen and oxygen atoms in total. The van der Waals surface area contributed by atoms with E-state index < -0.39 is 23.9 Å². The zero-order chi connectivity index (χ0) is 21.0. The van der Waals surface area contributed by atoms with Gasteiger partial charge in [-0.2, -0.15) is 0 Å². The van der Waals surface area contributed by atoms with Crippen molar-refractivity contribution in [3.8, 4) is 0 Å². The number of rotatable bonds is 9. The number of aliphatic carboxylic acids is 1. The molecule has 0 saturated heterocycles. The van der Waals surface area contributed by atoms with Gasteiger partial charge >= 0.3 is 41.5 Å². The van der Waals surface area contributed by atoms with Gasteiger partial charge in [0.1, 0.15) is 11.9 Å². The number of aromatic amines is 1. The molecule has 1 aromatic carbocycles. The van der Waals surface area contributed by atoms with Crippen LogP contribution in [0.4, 0.5) is 4.39 Å². The zero-order valence-corrected chi connectivity index (χ0v) is 16.4. The summed E-state index contributed by atoms with van der Waals surface area (Å²) in [5, 5.41) is 11.1. The molecule has 0 bridgehead atoms. The summed E-state index contributed by atoms with van der Waals surface area (Å²) in [6.45, 7) is 1.82. The van der Waals surface area contributed by atoms with E-state index in [2.05, 4.69) is 9.97 Å². The Balaban J connectivity index is 0.00000320. The van der Waals surface area contributed by atoms with Gasteiger partial charge in [0.05, 0.1) is 11.3 Å². The quantitative estimate of drug-likeness (QED) is 0.298. The van der Waals surface area contributed by atoms with Crippen molar-refractivity contribution in [1.29, 1.82) is 0 Å². The van der Waals surface area contributed by atoms with Crippen LogP contribution in [0.5, 0.6) is 0 Å². The van der Waals surface area contributed by atoms with Gasteiger partial charge in [0.15, 0.2) is 5.01 Å². The molecule has 0 fully saturated rings. The van der Waals surface area contributed by atoms with Gasteiger partial charge in [-0.15, -0.1) is 11.3 Å². The maximum atomic E-state index is 13.3. The van der Waals surface area contributed by atoms with E-state index in [-0.39, 0.29) is 59.6 Å². The Kier molecular flexibility index (Phi) is 8.72. The van der Waals surface area contributed by atoms with Crippen LogP contribution in [0.15, 0.2) is 29.8 Å². The number of carbonyl (C=O) groups is 3. The first-order chi connectivity index (χ1) is 13.9. The zero-order valence-electron chi connectivity index (χ0n) is 15.6. The van der Waals surface area contributed by atoms with Crippen molar-refractivity contribution in [3.63, 3.8) is 0 Å². The Morgan fingerprint density at radius 2 is 2.07 bits per heavy atom. The van der Waals surface area contributed by atoms with Crippen molar-refractivity contribution in [1.82, 2.24) is 9.97 Å². The van der Waals surface area contributed by atoms with Crippen LogP contribution >= 0.6 is 11.3 Å². The number of halogens is 1. The number of nitrogens with one attached hydrogen (secondary N) is 1. The summed E-state index contributed by atoms with van der Waals surface area (Å²) in [7, 11) is 0. The first-order valence-corrected chi connectivity index (χ1v) is 9.95. The van der Waals surface area contributed by atoms with Crippen molar-refractivity contribution in [2.24, 2.45) is 0 Å². The number of carbonyl (C=O) groups excluding carboxylic acids is 2. The summed E-state index contributed by atoms with van der Waals surface area (Å²) in [6.07, 6.45) is 1.48. The number of aromatic nitrogens is 2. The summed E-state index contributed by atoms with van der Waals surface area (Å²) in [4.78, 5) is 42.5. The molecule has 154 valence electrons. The van der Waals surface area contributed by atoms with Gasteiger partial charge in [-0.1, -0.05) is 6.92 Å². The van der Waals surface area contributed by atoms with E-state index in [1.807, 2.05) is 6.92 Å². The second-order valence-corrected chi connectivity index (χ2v) is 7.29. The number of fused-ring (bicyclic) bond motifs is 1. The predicted octanol–water partition coefficient (Wildman–Crippen LogP) is 3.60.